The standard InChI is InChI=1S/C11H8F6O2/c1-2-3-7-4-8(18-10(12,13)14)6-9(5-7)19-11(15,16)17/h2-6H,1H3/b3-2+. The maximum Gasteiger partial charge on any atom is 0.573 e. The van der Waals surface area contributed by atoms with Crippen molar-refractivity contribution in [1.29, 1.82) is 0 Å². The molecule has 0 atom stereocenters. The van der Waals surface area contributed by atoms with Gasteiger partial charge in [0.05, 0.1) is 0 Å². The number of halogens is 6. The predicted octanol–water partition coefficient (Wildman–Crippen LogP) is 4.52. The summed E-state index contributed by atoms with van der Waals surface area (Å²) >= 11 is 0. The molecule has 0 saturated heterocycles. The average molecular weight is 286 g/mol. The Morgan fingerprint density at radius 1 is 0.842 bits per heavy atom. The molecule has 2 nitrogen and oxygen atoms in total. The third-order valence-corrected chi connectivity index (χ3v) is 1.73. The molecule has 0 fully saturated rings. The van der Waals surface area contributed by atoms with E-state index in [0.29, 0.717) is 6.07 Å². The van der Waals surface area contributed by atoms with Gasteiger partial charge in [-0.15, -0.1) is 26.3 Å². The van der Waals surface area contributed by atoms with Gasteiger partial charge in [0.1, 0.15) is 11.5 Å². The lowest BCUT2D eigenvalue weighted by Crippen LogP contribution is -2.19. The molecule has 8 heteroatoms. The summed E-state index contributed by atoms with van der Waals surface area (Å²) in [5.74, 6) is -1.58. The van der Waals surface area contributed by atoms with E-state index in [9.17, 15) is 26.3 Å². The van der Waals surface area contributed by atoms with Crippen molar-refractivity contribution < 1.29 is 35.8 Å². The number of alkyl halides is 6. The van der Waals surface area contributed by atoms with Crippen LogP contribution in [0.3, 0.4) is 0 Å². The van der Waals surface area contributed by atoms with Crippen LogP contribution in [-0.4, -0.2) is 12.7 Å². The van der Waals surface area contributed by atoms with Crippen LogP contribution in [0.25, 0.3) is 6.08 Å². The summed E-state index contributed by atoms with van der Waals surface area (Å²) in [6.45, 7) is 1.56. The van der Waals surface area contributed by atoms with Crippen LogP contribution < -0.4 is 9.47 Å². The van der Waals surface area contributed by atoms with Crippen LogP contribution in [0.2, 0.25) is 0 Å². The van der Waals surface area contributed by atoms with Crippen molar-refractivity contribution in [2.75, 3.05) is 0 Å². The molecule has 19 heavy (non-hydrogen) atoms. The topological polar surface area (TPSA) is 18.5 Å². The van der Waals surface area contributed by atoms with Gasteiger partial charge in [-0.05, 0) is 24.6 Å². The van der Waals surface area contributed by atoms with Crippen LogP contribution in [0.1, 0.15) is 12.5 Å². The van der Waals surface area contributed by atoms with Crippen LogP contribution in [0, 0.1) is 0 Å². The van der Waals surface area contributed by atoms with E-state index in [2.05, 4.69) is 9.47 Å². The second-order valence-electron chi connectivity index (χ2n) is 3.33. The van der Waals surface area contributed by atoms with E-state index < -0.39 is 24.2 Å². The number of rotatable bonds is 3. The molecule has 0 spiro atoms. The minimum atomic E-state index is -5.00. The molecule has 0 heterocycles. The Balaban J connectivity index is 3.10. The van der Waals surface area contributed by atoms with Gasteiger partial charge in [-0.3, -0.25) is 0 Å². The highest BCUT2D eigenvalue weighted by molar-refractivity contribution is 5.55. The van der Waals surface area contributed by atoms with Gasteiger partial charge in [0, 0.05) is 6.07 Å². The first-order chi connectivity index (χ1) is 8.59. The Bertz CT molecular complexity index is 427. The lowest BCUT2D eigenvalue weighted by molar-refractivity contribution is -0.276. The van der Waals surface area contributed by atoms with Gasteiger partial charge < -0.3 is 9.47 Å². The van der Waals surface area contributed by atoms with Crippen molar-refractivity contribution in [2.45, 2.75) is 19.6 Å². The molecule has 0 radical (unpaired) electrons. The first-order valence-electron chi connectivity index (χ1n) is 4.88. The lowest BCUT2D eigenvalue weighted by Gasteiger charge is -2.13. The Morgan fingerprint density at radius 3 is 1.58 bits per heavy atom. The van der Waals surface area contributed by atoms with Gasteiger partial charge in [0.2, 0.25) is 0 Å². The zero-order valence-corrected chi connectivity index (χ0v) is 9.47. The normalized spacial score (nSPS) is 12.8. The van der Waals surface area contributed by atoms with Crippen molar-refractivity contribution in [3.05, 3.63) is 29.8 Å². The fourth-order valence-electron chi connectivity index (χ4n) is 1.27. The summed E-state index contributed by atoms with van der Waals surface area (Å²) in [6, 6.07) is 2.39. The number of benzene rings is 1. The molecule has 0 aromatic heterocycles. The van der Waals surface area contributed by atoms with Crippen molar-refractivity contribution in [2.24, 2.45) is 0 Å². The SMILES string of the molecule is C/C=C/c1cc(OC(F)(F)F)cc(OC(F)(F)F)c1. The molecule has 1 aromatic carbocycles. The number of allylic oxidation sites excluding steroid dienone is 1. The zero-order chi connectivity index (χ0) is 14.7. The smallest absolute Gasteiger partial charge is 0.406 e. The van der Waals surface area contributed by atoms with Crippen LogP contribution in [0.15, 0.2) is 24.3 Å². The van der Waals surface area contributed by atoms with E-state index in [0.717, 1.165) is 12.1 Å². The van der Waals surface area contributed by atoms with Crippen molar-refractivity contribution in [3.8, 4) is 11.5 Å². The first-order valence-corrected chi connectivity index (χ1v) is 4.88. The number of hydrogen-bond donors (Lipinski definition) is 0. The van der Waals surface area contributed by atoms with E-state index in [4.69, 9.17) is 0 Å². The second kappa shape index (κ2) is 5.41. The highest BCUT2D eigenvalue weighted by Gasteiger charge is 2.33. The minimum Gasteiger partial charge on any atom is -0.406 e. The maximum atomic E-state index is 12.0. The summed E-state index contributed by atoms with van der Waals surface area (Å²) in [4.78, 5) is 0. The van der Waals surface area contributed by atoms with Crippen LogP contribution >= 0.6 is 0 Å². The van der Waals surface area contributed by atoms with E-state index in [1.807, 2.05) is 0 Å². The van der Waals surface area contributed by atoms with Crippen LogP contribution in [0.5, 0.6) is 11.5 Å². The predicted molar refractivity (Wildman–Crippen MR) is 54.5 cm³/mol. The molecule has 1 rings (SSSR count). The summed E-state index contributed by atoms with van der Waals surface area (Å²) in [5.41, 5.74) is 0.0866. The number of ether oxygens (including phenoxy) is 2. The quantitative estimate of drug-likeness (QED) is 0.761. The van der Waals surface area contributed by atoms with Crippen LogP contribution in [0.4, 0.5) is 26.3 Å². The minimum absolute atomic E-state index is 0.0866. The van der Waals surface area contributed by atoms with Crippen molar-refractivity contribution >= 4 is 6.08 Å². The molecular weight excluding hydrogens is 278 g/mol. The van der Waals surface area contributed by atoms with Gasteiger partial charge in [-0.2, -0.15) is 0 Å². The average Bonchev–Trinajstić information content (AvgIpc) is 2.11. The van der Waals surface area contributed by atoms with Gasteiger partial charge in [0.15, 0.2) is 0 Å². The largest absolute Gasteiger partial charge is 0.573 e. The van der Waals surface area contributed by atoms with E-state index in [-0.39, 0.29) is 5.56 Å². The lowest BCUT2D eigenvalue weighted by atomic mass is 10.2. The zero-order valence-electron chi connectivity index (χ0n) is 9.47. The molecule has 0 aliphatic carbocycles. The fourth-order valence-corrected chi connectivity index (χ4v) is 1.27. The monoisotopic (exact) mass is 286 g/mol. The first kappa shape index (κ1) is 15.2. The molecule has 0 N–H and O–H groups in total. The molecule has 0 aliphatic rings. The molecule has 0 unspecified atom stereocenters. The summed E-state index contributed by atoms with van der Waals surface area (Å²) < 4.78 is 79.3. The Labute approximate surface area is 104 Å². The summed E-state index contributed by atoms with van der Waals surface area (Å²) in [6.07, 6.45) is -7.23. The highest BCUT2D eigenvalue weighted by Crippen LogP contribution is 2.31. The van der Waals surface area contributed by atoms with E-state index in [1.165, 1.54) is 12.2 Å². The molecule has 0 bridgehead atoms. The molecular formula is C11H8F6O2. The molecule has 1 aromatic rings. The van der Waals surface area contributed by atoms with Gasteiger partial charge in [-0.1, -0.05) is 12.2 Å². The molecule has 106 valence electrons. The third kappa shape index (κ3) is 6.03. The van der Waals surface area contributed by atoms with Crippen LogP contribution in [-0.2, 0) is 0 Å². The fraction of sp³-hybridized carbons (Fsp3) is 0.273. The van der Waals surface area contributed by atoms with Gasteiger partial charge in [0.25, 0.3) is 0 Å². The maximum absolute atomic E-state index is 12.0. The van der Waals surface area contributed by atoms with E-state index >= 15 is 0 Å². The van der Waals surface area contributed by atoms with Crippen molar-refractivity contribution in [3.63, 3.8) is 0 Å². The molecule has 0 aliphatic heterocycles. The Hall–Kier alpha value is -1.86. The van der Waals surface area contributed by atoms with Gasteiger partial charge in [-0.25, -0.2) is 0 Å². The summed E-state index contributed by atoms with van der Waals surface area (Å²) in [5, 5.41) is 0. The Morgan fingerprint density at radius 2 is 1.26 bits per heavy atom. The van der Waals surface area contributed by atoms with Crippen molar-refractivity contribution in [1.82, 2.24) is 0 Å². The van der Waals surface area contributed by atoms with E-state index in [1.54, 1.807) is 6.92 Å². The Kier molecular flexibility index (Phi) is 4.33. The second-order valence-corrected chi connectivity index (χ2v) is 3.33. The summed E-state index contributed by atoms with van der Waals surface area (Å²) in [7, 11) is 0. The highest BCUT2D eigenvalue weighted by atomic mass is 19.4. The van der Waals surface area contributed by atoms with Gasteiger partial charge >= 0.3 is 12.7 Å². The third-order valence-electron chi connectivity index (χ3n) is 1.73. The number of hydrogen-bond acceptors (Lipinski definition) is 2. The molecule has 0 amide bonds. The molecule has 0 saturated carbocycles.